The van der Waals surface area contributed by atoms with Gasteiger partial charge in [0.05, 0.1) is 29.3 Å². The molecule has 0 amide bonds. The summed E-state index contributed by atoms with van der Waals surface area (Å²) in [5.41, 5.74) is 5.03. The molecule has 5 nitrogen and oxygen atoms in total. The highest BCUT2D eigenvalue weighted by atomic mass is 16.4. The number of aromatic nitrogens is 1. The Kier molecular flexibility index (Phi) is 3.55. The fourth-order valence-electron chi connectivity index (χ4n) is 2.54. The van der Waals surface area contributed by atoms with Crippen LogP contribution in [0.25, 0.3) is 11.4 Å². The van der Waals surface area contributed by atoms with Crippen molar-refractivity contribution in [3.63, 3.8) is 0 Å². The lowest BCUT2D eigenvalue weighted by Gasteiger charge is -2.15. The molecule has 0 fully saturated rings. The predicted molar refractivity (Wildman–Crippen MR) is 85.0 cm³/mol. The Balaban J connectivity index is 2.11. The molecule has 1 aliphatic heterocycles. The molecule has 1 aromatic carbocycles. The van der Waals surface area contributed by atoms with Crippen LogP contribution in [0.1, 0.15) is 27.2 Å². The molecule has 22 heavy (non-hydrogen) atoms. The lowest BCUT2D eigenvalue weighted by atomic mass is 10.1. The second kappa shape index (κ2) is 5.52. The monoisotopic (exact) mass is 295 g/mol. The van der Waals surface area contributed by atoms with Crippen molar-refractivity contribution in [2.75, 3.05) is 13.7 Å². The summed E-state index contributed by atoms with van der Waals surface area (Å²) >= 11 is 0. The van der Waals surface area contributed by atoms with E-state index in [2.05, 4.69) is 39.5 Å². The normalized spacial score (nSPS) is 14.2. The zero-order chi connectivity index (χ0) is 15.7. The average molecular weight is 295 g/mol. The number of carboxylic acid groups (broad SMARTS) is 1. The fraction of sp³-hybridized carbons (Fsp3) is 0.176. The van der Waals surface area contributed by atoms with Crippen molar-refractivity contribution >= 4 is 17.4 Å². The number of aryl methyl sites for hydroxylation is 1. The summed E-state index contributed by atoms with van der Waals surface area (Å²) in [5.74, 6) is -0.951. The van der Waals surface area contributed by atoms with Crippen molar-refractivity contribution in [3.05, 3.63) is 65.0 Å². The number of nitrogens with zero attached hydrogens (tertiary/aromatic N) is 2. The molecule has 112 valence electrons. The number of hydrogen-bond acceptors (Lipinski definition) is 4. The van der Waals surface area contributed by atoms with E-state index >= 15 is 0 Å². The molecule has 2 heterocycles. The van der Waals surface area contributed by atoms with Crippen LogP contribution in [-0.4, -0.2) is 34.7 Å². The zero-order valence-corrected chi connectivity index (χ0v) is 12.5. The van der Waals surface area contributed by atoms with Crippen LogP contribution >= 0.6 is 0 Å². The molecule has 1 aliphatic rings. The Morgan fingerprint density at radius 3 is 2.68 bits per heavy atom. The molecular weight excluding hydrogens is 278 g/mol. The maximum Gasteiger partial charge on any atom is 0.335 e. The summed E-state index contributed by atoms with van der Waals surface area (Å²) in [6.07, 6.45) is 1.53. The highest BCUT2D eigenvalue weighted by Gasteiger charge is 2.23. The Labute approximate surface area is 128 Å². The summed E-state index contributed by atoms with van der Waals surface area (Å²) in [5, 5.41) is 12.4. The fourth-order valence-corrected chi connectivity index (χ4v) is 2.54. The number of carbonyl (C=O) groups is 1. The largest absolute Gasteiger partial charge is 0.478 e. The standard InChI is InChI=1S/C17H17N3O2/c1-11-3-5-12(6-4-11)16-15(19-10-20(16)2)14-9-13(17(21)22)7-8-18-14/h3-9,19H,10H2,1-2H3,(H,21,22). The number of rotatable bonds is 3. The molecule has 2 N–H and O–H groups in total. The van der Waals surface area contributed by atoms with Crippen molar-refractivity contribution in [1.82, 2.24) is 15.2 Å². The van der Waals surface area contributed by atoms with Crippen molar-refractivity contribution in [3.8, 4) is 0 Å². The zero-order valence-electron chi connectivity index (χ0n) is 12.5. The van der Waals surface area contributed by atoms with E-state index in [0.29, 0.717) is 12.4 Å². The number of pyridine rings is 1. The first-order valence-electron chi connectivity index (χ1n) is 7.02. The van der Waals surface area contributed by atoms with Crippen LogP contribution in [0.2, 0.25) is 0 Å². The minimum absolute atomic E-state index is 0.233. The van der Waals surface area contributed by atoms with Crippen LogP contribution in [0.5, 0.6) is 0 Å². The molecule has 3 rings (SSSR count). The Hall–Kier alpha value is -2.82. The first-order chi connectivity index (χ1) is 10.6. The first-order valence-corrected chi connectivity index (χ1v) is 7.02. The van der Waals surface area contributed by atoms with E-state index in [9.17, 15) is 4.79 Å². The third kappa shape index (κ3) is 2.53. The van der Waals surface area contributed by atoms with Gasteiger partial charge in [-0.15, -0.1) is 0 Å². The van der Waals surface area contributed by atoms with Gasteiger partial charge in [-0.05, 0) is 19.1 Å². The van der Waals surface area contributed by atoms with Gasteiger partial charge in [-0.1, -0.05) is 29.8 Å². The SMILES string of the molecule is Cc1ccc(C2=C(c3cc(C(=O)O)ccn3)NCN2C)cc1. The van der Waals surface area contributed by atoms with E-state index < -0.39 is 5.97 Å². The molecule has 1 aromatic heterocycles. The van der Waals surface area contributed by atoms with Gasteiger partial charge in [0.1, 0.15) is 0 Å². The van der Waals surface area contributed by atoms with Gasteiger partial charge < -0.3 is 15.3 Å². The van der Waals surface area contributed by atoms with Crippen LogP contribution in [-0.2, 0) is 0 Å². The molecule has 2 aromatic rings. The van der Waals surface area contributed by atoms with E-state index in [1.807, 2.05) is 14.0 Å². The Morgan fingerprint density at radius 2 is 2.00 bits per heavy atom. The predicted octanol–water partition coefficient (Wildman–Crippen LogP) is 2.41. The molecule has 5 heteroatoms. The molecule has 0 saturated heterocycles. The van der Waals surface area contributed by atoms with E-state index in [-0.39, 0.29) is 5.56 Å². The highest BCUT2D eigenvalue weighted by Crippen LogP contribution is 2.30. The second-order valence-electron chi connectivity index (χ2n) is 5.36. The molecule has 0 unspecified atom stereocenters. The highest BCUT2D eigenvalue weighted by molar-refractivity contribution is 5.92. The van der Waals surface area contributed by atoms with E-state index in [1.54, 1.807) is 6.07 Å². The van der Waals surface area contributed by atoms with Gasteiger partial charge in [0.2, 0.25) is 0 Å². The van der Waals surface area contributed by atoms with Crippen LogP contribution in [0, 0.1) is 6.92 Å². The quantitative estimate of drug-likeness (QED) is 0.910. The molecule has 0 atom stereocenters. The Bertz CT molecular complexity index is 751. The summed E-state index contributed by atoms with van der Waals surface area (Å²) < 4.78 is 0. The van der Waals surface area contributed by atoms with Gasteiger partial charge in [0.15, 0.2) is 0 Å². The smallest absolute Gasteiger partial charge is 0.335 e. The summed E-state index contributed by atoms with van der Waals surface area (Å²) in [4.78, 5) is 17.6. The van der Waals surface area contributed by atoms with Gasteiger partial charge in [0, 0.05) is 18.8 Å². The van der Waals surface area contributed by atoms with Crippen LogP contribution in [0.4, 0.5) is 0 Å². The Morgan fingerprint density at radius 1 is 1.27 bits per heavy atom. The number of nitrogens with one attached hydrogen (secondary N) is 1. The van der Waals surface area contributed by atoms with Crippen molar-refractivity contribution in [2.45, 2.75) is 6.92 Å². The van der Waals surface area contributed by atoms with E-state index in [4.69, 9.17) is 5.11 Å². The number of hydrogen-bond donors (Lipinski definition) is 2. The maximum atomic E-state index is 11.1. The summed E-state index contributed by atoms with van der Waals surface area (Å²) in [6, 6.07) is 11.3. The molecule has 0 aliphatic carbocycles. The molecule has 0 saturated carbocycles. The number of carboxylic acids is 1. The summed E-state index contributed by atoms with van der Waals surface area (Å²) in [7, 11) is 2.00. The van der Waals surface area contributed by atoms with E-state index in [0.717, 1.165) is 17.0 Å². The van der Waals surface area contributed by atoms with Crippen molar-refractivity contribution in [1.29, 1.82) is 0 Å². The van der Waals surface area contributed by atoms with Gasteiger partial charge in [0.25, 0.3) is 0 Å². The third-order valence-electron chi connectivity index (χ3n) is 3.70. The maximum absolute atomic E-state index is 11.1. The lowest BCUT2D eigenvalue weighted by molar-refractivity contribution is 0.0696. The lowest BCUT2D eigenvalue weighted by Crippen LogP contribution is -2.18. The molecule has 0 radical (unpaired) electrons. The van der Waals surface area contributed by atoms with E-state index in [1.165, 1.54) is 17.8 Å². The van der Waals surface area contributed by atoms with Crippen LogP contribution in [0.15, 0.2) is 42.6 Å². The first kappa shape index (κ1) is 14.1. The second-order valence-corrected chi connectivity index (χ2v) is 5.36. The van der Waals surface area contributed by atoms with Crippen LogP contribution < -0.4 is 5.32 Å². The van der Waals surface area contributed by atoms with Gasteiger partial charge in [-0.25, -0.2) is 4.79 Å². The van der Waals surface area contributed by atoms with Gasteiger partial charge >= 0.3 is 5.97 Å². The number of aromatic carboxylic acids is 1. The molecule has 0 bridgehead atoms. The molecular formula is C17H17N3O2. The minimum Gasteiger partial charge on any atom is -0.478 e. The number of benzene rings is 1. The van der Waals surface area contributed by atoms with Crippen molar-refractivity contribution in [2.24, 2.45) is 0 Å². The van der Waals surface area contributed by atoms with Gasteiger partial charge in [-0.3, -0.25) is 4.98 Å². The summed E-state index contributed by atoms with van der Waals surface area (Å²) in [6.45, 7) is 2.71. The minimum atomic E-state index is -0.951. The average Bonchev–Trinajstić information content (AvgIpc) is 2.90. The van der Waals surface area contributed by atoms with Crippen LogP contribution in [0.3, 0.4) is 0 Å². The van der Waals surface area contributed by atoms with Crippen molar-refractivity contribution < 1.29 is 9.90 Å². The topological polar surface area (TPSA) is 65.5 Å². The molecule has 0 spiro atoms. The van der Waals surface area contributed by atoms with Gasteiger partial charge in [-0.2, -0.15) is 0 Å². The third-order valence-corrected chi connectivity index (χ3v) is 3.70.